The molecule has 0 bridgehead atoms. The third kappa shape index (κ3) is 2.75. The molecule has 0 radical (unpaired) electrons. The molecule has 0 saturated carbocycles. The van der Waals surface area contributed by atoms with Gasteiger partial charge in [0.25, 0.3) is 0 Å². The Bertz CT molecular complexity index is 496. The summed E-state index contributed by atoms with van der Waals surface area (Å²) in [4.78, 5) is 8.22. The van der Waals surface area contributed by atoms with E-state index >= 15 is 0 Å². The average molecular weight is 233 g/mol. The van der Waals surface area contributed by atoms with Gasteiger partial charge in [-0.1, -0.05) is 0 Å². The van der Waals surface area contributed by atoms with E-state index in [1.165, 1.54) is 0 Å². The third-order valence-electron chi connectivity index (χ3n) is 2.34. The van der Waals surface area contributed by atoms with Gasteiger partial charge in [-0.15, -0.1) is 0 Å². The number of oxazole rings is 1. The number of ether oxygens (including phenoxy) is 1. The van der Waals surface area contributed by atoms with Crippen molar-refractivity contribution in [2.45, 2.75) is 19.9 Å². The molecule has 0 amide bonds. The molecule has 5 nitrogen and oxygen atoms in total. The van der Waals surface area contributed by atoms with Crippen LogP contribution in [0.3, 0.4) is 0 Å². The number of hydrogen-bond donors (Lipinski definition) is 1. The lowest BCUT2D eigenvalue weighted by Crippen LogP contribution is -2.07. The Labute approximate surface area is 99.8 Å². The lowest BCUT2D eigenvalue weighted by molar-refractivity contribution is 0.398. The Hall–Kier alpha value is -2.04. The van der Waals surface area contributed by atoms with Gasteiger partial charge in [-0.25, -0.2) is 9.97 Å². The van der Waals surface area contributed by atoms with E-state index in [1.807, 2.05) is 26.0 Å². The SMILES string of the molecule is COc1cc(NC(C)c2ncc(C)o2)ccn1. The van der Waals surface area contributed by atoms with E-state index in [2.05, 4.69) is 15.3 Å². The maximum Gasteiger partial charge on any atom is 0.216 e. The van der Waals surface area contributed by atoms with E-state index in [9.17, 15) is 0 Å². The highest BCUT2D eigenvalue weighted by Crippen LogP contribution is 2.20. The Balaban J connectivity index is 2.09. The second-order valence-corrected chi connectivity index (χ2v) is 3.76. The quantitative estimate of drug-likeness (QED) is 0.879. The molecular formula is C12H15N3O2. The molecule has 0 fully saturated rings. The van der Waals surface area contributed by atoms with E-state index in [4.69, 9.17) is 9.15 Å². The molecule has 0 saturated heterocycles. The topological polar surface area (TPSA) is 60.2 Å². The van der Waals surface area contributed by atoms with Crippen molar-refractivity contribution in [1.82, 2.24) is 9.97 Å². The van der Waals surface area contributed by atoms with Crippen LogP contribution in [0.25, 0.3) is 0 Å². The fourth-order valence-electron chi connectivity index (χ4n) is 1.49. The average Bonchev–Trinajstić information content (AvgIpc) is 2.76. The molecule has 2 rings (SSSR count). The van der Waals surface area contributed by atoms with Crippen LogP contribution in [0.4, 0.5) is 5.69 Å². The number of pyridine rings is 1. The molecule has 1 atom stereocenters. The highest BCUT2D eigenvalue weighted by molar-refractivity contribution is 5.46. The van der Waals surface area contributed by atoms with Crippen LogP contribution in [-0.2, 0) is 0 Å². The van der Waals surface area contributed by atoms with E-state index in [1.54, 1.807) is 19.5 Å². The minimum Gasteiger partial charge on any atom is -0.481 e. The zero-order valence-electron chi connectivity index (χ0n) is 10.1. The summed E-state index contributed by atoms with van der Waals surface area (Å²) >= 11 is 0. The minimum atomic E-state index is -0.00388. The van der Waals surface area contributed by atoms with Crippen molar-refractivity contribution in [2.75, 3.05) is 12.4 Å². The molecule has 1 unspecified atom stereocenters. The molecule has 2 aromatic heterocycles. The van der Waals surface area contributed by atoms with Crippen molar-refractivity contribution in [2.24, 2.45) is 0 Å². The summed E-state index contributed by atoms with van der Waals surface area (Å²) in [6, 6.07) is 3.69. The van der Waals surface area contributed by atoms with Gasteiger partial charge in [0.1, 0.15) is 11.8 Å². The predicted molar refractivity (Wildman–Crippen MR) is 64.1 cm³/mol. The van der Waals surface area contributed by atoms with Gasteiger partial charge < -0.3 is 14.5 Å². The van der Waals surface area contributed by atoms with Crippen LogP contribution >= 0.6 is 0 Å². The number of nitrogens with one attached hydrogen (secondary N) is 1. The first kappa shape index (κ1) is 11.4. The van der Waals surface area contributed by atoms with Gasteiger partial charge in [0.15, 0.2) is 0 Å². The fourth-order valence-corrected chi connectivity index (χ4v) is 1.49. The number of nitrogens with zero attached hydrogens (tertiary/aromatic N) is 2. The highest BCUT2D eigenvalue weighted by atomic mass is 16.5. The summed E-state index contributed by atoms with van der Waals surface area (Å²) in [6.07, 6.45) is 3.40. The summed E-state index contributed by atoms with van der Waals surface area (Å²) < 4.78 is 10.5. The molecule has 1 N–H and O–H groups in total. The van der Waals surface area contributed by atoms with Crippen LogP contribution in [0.15, 0.2) is 28.9 Å². The number of rotatable bonds is 4. The van der Waals surface area contributed by atoms with E-state index in [0.717, 1.165) is 11.4 Å². The van der Waals surface area contributed by atoms with Crippen LogP contribution < -0.4 is 10.1 Å². The first-order chi connectivity index (χ1) is 8.19. The summed E-state index contributed by atoms with van der Waals surface area (Å²) in [5, 5.41) is 3.27. The van der Waals surface area contributed by atoms with Crippen molar-refractivity contribution in [3.8, 4) is 5.88 Å². The lowest BCUT2D eigenvalue weighted by atomic mass is 10.3. The van der Waals surface area contributed by atoms with Crippen molar-refractivity contribution in [3.63, 3.8) is 0 Å². The second-order valence-electron chi connectivity index (χ2n) is 3.76. The Kier molecular flexibility index (Phi) is 3.27. The van der Waals surface area contributed by atoms with Gasteiger partial charge in [0.05, 0.1) is 13.3 Å². The lowest BCUT2D eigenvalue weighted by Gasteiger charge is -2.12. The van der Waals surface area contributed by atoms with E-state index in [0.29, 0.717) is 11.8 Å². The van der Waals surface area contributed by atoms with Gasteiger partial charge in [0, 0.05) is 18.0 Å². The van der Waals surface area contributed by atoms with E-state index in [-0.39, 0.29) is 6.04 Å². The third-order valence-corrected chi connectivity index (χ3v) is 2.34. The Morgan fingerprint density at radius 2 is 2.24 bits per heavy atom. The van der Waals surface area contributed by atoms with Crippen LogP contribution in [-0.4, -0.2) is 17.1 Å². The standard InChI is InChI=1S/C12H15N3O2/c1-8-7-14-12(17-8)9(2)15-10-4-5-13-11(6-10)16-3/h4-7,9H,1-3H3,(H,13,15). The largest absolute Gasteiger partial charge is 0.481 e. The monoisotopic (exact) mass is 233 g/mol. The summed E-state index contributed by atoms with van der Waals surface area (Å²) in [7, 11) is 1.59. The molecule has 0 aliphatic rings. The summed E-state index contributed by atoms with van der Waals surface area (Å²) in [5.41, 5.74) is 0.917. The molecule has 0 aromatic carbocycles. The zero-order chi connectivity index (χ0) is 12.3. The van der Waals surface area contributed by atoms with Crippen LogP contribution in [0.5, 0.6) is 5.88 Å². The molecule has 90 valence electrons. The van der Waals surface area contributed by atoms with Gasteiger partial charge >= 0.3 is 0 Å². The molecule has 0 aliphatic carbocycles. The molecular weight excluding hydrogens is 218 g/mol. The second kappa shape index (κ2) is 4.86. The summed E-state index contributed by atoms with van der Waals surface area (Å²) in [5.74, 6) is 2.05. The van der Waals surface area contributed by atoms with Crippen molar-refractivity contribution in [1.29, 1.82) is 0 Å². The molecule has 0 spiro atoms. The Morgan fingerprint density at radius 1 is 1.41 bits per heavy atom. The molecule has 2 heterocycles. The van der Waals surface area contributed by atoms with E-state index < -0.39 is 0 Å². The maximum absolute atomic E-state index is 5.45. The van der Waals surface area contributed by atoms with Crippen molar-refractivity contribution < 1.29 is 9.15 Å². The zero-order valence-corrected chi connectivity index (χ0v) is 10.1. The minimum absolute atomic E-state index is 0.00388. The van der Waals surface area contributed by atoms with Crippen LogP contribution in [0, 0.1) is 6.92 Å². The Morgan fingerprint density at radius 3 is 2.88 bits per heavy atom. The predicted octanol–water partition coefficient (Wildman–Crippen LogP) is 2.56. The normalized spacial score (nSPS) is 12.2. The number of methoxy groups -OCH3 is 1. The van der Waals surface area contributed by atoms with Crippen molar-refractivity contribution in [3.05, 3.63) is 36.2 Å². The van der Waals surface area contributed by atoms with Gasteiger partial charge in [-0.3, -0.25) is 0 Å². The summed E-state index contributed by atoms with van der Waals surface area (Å²) in [6.45, 7) is 3.86. The van der Waals surface area contributed by atoms with Gasteiger partial charge in [-0.05, 0) is 19.9 Å². The van der Waals surface area contributed by atoms with Gasteiger partial charge in [0.2, 0.25) is 11.8 Å². The van der Waals surface area contributed by atoms with Crippen molar-refractivity contribution >= 4 is 5.69 Å². The molecule has 5 heteroatoms. The molecule has 2 aromatic rings. The molecule has 0 aliphatic heterocycles. The van der Waals surface area contributed by atoms with Crippen LogP contribution in [0.2, 0.25) is 0 Å². The number of anilines is 1. The van der Waals surface area contributed by atoms with Crippen LogP contribution in [0.1, 0.15) is 24.6 Å². The highest BCUT2D eigenvalue weighted by Gasteiger charge is 2.11. The van der Waals surface area contributed by atoms with Gasteiger partial charge in [-0.2, -0.15) is 0 Å². The maximum atomic E-state index is 5.45. The number of aromatic nitrogens is 2. The first-order valence-corrected chi connectivity index (χ1v) is 5.38. The number of hydrogen-bond acceptors (Lipinski definition) is 5. The smallest absolute Gasteiger partial charge is 0.216 e. The molecule has 17 heavy (non-hydrogen) atoms. The number of aryl methyl sites for hydroxylation is 1. The fraction of sp³-hybridized carbons (Fsp3) is 0.333. The first-order valence-electron chi connectivity index (χ1n) is 5.38.